The van der Waals surface area contributed by atoms with E-state index in [0.717, 1.165) is 29.7 Å². The summed E-state index contributed by atoms with van der Waals surface area (Å²) in [6, 6.07) is 12.5. The average molecular weight is 432 g/mol. The van der Waals surface area contributed by atoms with E-state index in [1.165, 1.54) is 36.8 Å². The van der Waals surface area contributed by atoms with Gasteiger partial charge in [0.2, 0.25) is 0 Å². The van der Waals surface area contributed by atoms with Crippen LogP contribution in [0.3, 0.4) is 0 Å². The Bertz CT molecular complexity index is 1090. The maximum absolute atomic E-state index is 12.9. The summed E-state index contributed by atoms with van der Waals surface area (Å²) in [5.74, 6) is 0.599. The van der Waals surface area contributed by atoms with Crippen molar-refractivity contribution in [1.82, 2.24) is 20.2 Å². The van der Waals surface area contributed by atoms with Crippen LogP contribution >= 0.6 is 0 Å². The van der Waals surface area contributed by atoms with Crippen LogP contribution in [0.25, 0.3) is 11.0 Å². The highest BCUT2D eigenvalue weighted by Gasteiger charge is 2.33. The van der Waals surface area contributed by atoms with E-state index in [9.17, 15) is 4.79 Å². The zero-order chi connectivity index (χ0) is 22.1. The Kier molecular flexibility index (Phi) is 5.87. The van der Waals surface area contributed by atoms with E-state index in [1.54, 1.807) is 6.20 Å². The Hall–Kier alpha value is -2.86. The highest BCUT2D eigenvalue weighted by Crippen LogP contribution is 2.37. The fourth-order valence-electron chi connectivity index (χ4n) is 5.54. The SMILES string of the molecule is CCn1ccc2c(NC)c(C(=O)NCCc3ccc(C4CC5CCC(C4)N5)cc3)cnc21. The van der Waals surface area contributed by atoms with Crippen LogP contribution in [0, 0.1) is 0 Å². The summed E-state index contributed by atoms with van der Waals surface area (Å²) < 4.78 is 2.08. The van der Waals surface area contributed by atoms with Crippen LogP contribution in [-0.2, 0) is 13.0 Å². The lowest BCUT2D eigenvalue weighted by Crippen LogP contribution is -2.37. The van der Waals surface area contributed by atoms with E-state index >= 15 is 0 Å². The molecule has 2 aliphatic rings. The molecule has 0 aliphatic carbocycles. The molecule has 0 radical (unpaired) electrons. The van der Waals surface area contributed by atoms with Crippen molar-refractivity contribution >= 4 is 22.6 Å². The minimum atomic E-state index is -0.0881. The maximum Gasteiger partial charge on any atom is 0.254 e. The third-order valence-electron chi connectivity index (χ3n) is 7.25. The molecule has 1 amide bonds. The van der Waals surface area contributed by atoms with Crippen molar-refractivity contribution in [2.45, 2.75) is 63.6 Å². The molecule has 32 heavy (non-hydrogen) atoms. The van der Waals surface area contributed by atoms with E-state index < -0.39 is 0 Å². The van der Waals surface area contributed by atoms with Crippen LogP contribution in [0.1, 0.15) is 60.0 Å². The van der Waals surface area contributed by atoms with Crippen molar-refractivity contribution in [3.8, 4) is 0 Å². The lowest BCUT2D eigenvalue weighted by atomic mass is 9.86. The molecule has 0 saturated carbocycles. The van der Waals surface area contributed by atoms with Gasteiger partial charge in [0.05, 0.1) is 11.3 Å². The Morgan fingerprint density at radius 2 is 1.91 bits per heavy atom. The highest BCUT2D eigenvalue weighted by molar-refractivity contribution is 6.06. The number of fused-ring (bicyclic) bond motifs is 3. The molecule has 5 rings (SSSR count). The number of nitrogens with one attached hydrogen (secondary N) is 3. The van der Waals surface area contributed by atoms with E-state index in [1.807, 2.05) is 19.3 Å². The summed E-state index contributed by atoms with van der Waals surface area (Å²) in [4.78, 5) is 17.4. The van der Waals surface area contributed by atoms with Gasteiger partial charge in [0.1, 0.15) is 5.65 Å². The highest BCUT2D eigenvalue weighted by atomic mass is 16.1. The maximum atomic E-state index is 12.9. The molecule has 6 nitrogen and oxygen atoms in total. The number of pyridine rings is 1. The topological polar surface area (TPSA) is 71.0 Å². The number of aromatic nitrogens is 2. The van der Waals surface area contributed by atoms with Crippen molar-refractivity contribution in [2.24, 2.45) is 0 Å². The lowest BCUT2D eigenvalue weighted by molar-refractivity contribution is 0.0954. The first-order valence-electron chi connectivity index (χ1n) is 11.9. The monoisotopic (exact) mass is 431 g/mol. The first-order valence-corrected chi connectivity index (χ1v) is 11.9. The van der Waals surface area contributed by atoms with Gasteiger partial charge in [-0.3, -0.25) is 4.79 Å². The largest absolute Gasteiger partial charge is 0.387 e. The second-order valence-electron chi connectivity index (χ2n) is 9.19. The fraction of sp³-hybridized carbons (Fsp3) is 0.462. The molecule has 3 aromatic rings. The zero-order valence-corrected chi connectivity index (χ0v) is 19.0. The minimum Gasteiger partial charge on any atom is -0.387 e. The zero-order valence-electron chi connectivity index (χ0n) is 19.0. The molecule has 2 unspecified atom stereocenters. The van der Waals surface area contributed by atoms with Crippen molar-refractivity contribution in [3.05, 3.63) is 59.4 Å². The number of nitrogens with zero attached hydrogens (tertiary/aromatic N) is 2. The van der Waals surface area contributed by atoms with E-state index in [-0.39, 0.29) is 5.91 Å². The smallest absolute Gasteiger partial charge is 0.254 e. The number of amides is 1. The molecular weight excluding hydrogens is 398 g/mol. The van der Waals surface area contributed by atoms with Gasteiger partial charge in [-0.15, -0.1) is 0 Å². The molecule has 1 aromatic carbocycles. The van der Waals surface area contributed by atoms with Gasteiger partial charge >= 0.3 is 0 Å². The first kappa shape index (κ1) is 21.0. The summed E-state index contributed by atoms with van der Waals surface area (Å²) in [6.45, 7) is 3.54. The van der Waals surface area contributed by atoms with Crippen molar-refractivity contribution < 1.29 is 4.79 Å². The van der Waals surface area contributed by atoms with Gasteiger partial charge in [-0.1, -0.05) is 24.3 Å². The average Bonchev–Trinajstić information content (AvgIpc) is 3.40. The Morgan fingerprint density at radius 3 is 2.59 bits per heavy atom. The molecule has 2 aromatic heterocycles. The third kappa shape index (κ3) is 3.99. The molecule has 6 heteroatoms. The summed E-state index contributed by atoms with van der Waals surface area (Å²) >= 11 is 0. The second kappa shape index (κ2) is 8.94. The Balaban J connectivity index is 1.20. The minimum absolute atomic E-state index is 0.0881. The Morgan fingerprint density at radius 1 is 1.16 bits per heavy atom. The number of anilines is 1. The van der Waals surface area contributed by atoms with Gasteiger partial charge in [0.25, 0.3) is 5.91 Å². The van der Waals surface area contributed by atoms with Crippen LogP contribution in [0.15, 0.2) is 42.7 Å². The third-order valence-corrected chi connectivity index (χ3v) is 7.25. The number of carbonyl (C=O) groups is 1. The number of carbonyl (C=O) groups excluding carboxylic acids is 1. The number of rotatable bonds is 7. The number of aryl methyl sites for hydroxylation is 1. The molecule has 3 N–H and O–H groups in total. The van der Waals surface area contributed by atoms with Gasteiger partial charge in [-0.25, -0.2) is 4.98 Å². The fourth-order valence-corrected chi connectivity index (χ4v) is 5.54. The molecule has 2 atom stereocenters. The van der Waals surface area contributed by atoms with E-state index in [4.69, 9.17) is 0 Å². The molecule has 2 saturated heterocycles. The van der Waals surface area contributed by atoms with Gasteiger partial charge in [-0.2, -0.15) is 0 Å². The predicted molar refractivity (Wildman–Crippen MR) is 129 cm³/mol. The molecule has 2 bridgehead atoms. The van der Waals surface area contributed by atoms with E-state index in [0.29, 0.717) is 30.1 Å². The molecular formula is C26H33N5O. The first-order chi connectivity index (χ1) is 15.7. The van der Waals surface area contributed by atoms with Gasteiger partial charge in [0, 0.05) is 50.0 Å². The van der Waals surface area contributed by atoms with E-state index in [2.05, 4.69) is 56.7 Å². The van der Waals surface area contributed by atoms with Crippen LogP contribution in [-0.4, -0.2) is 41.1 Å². The second-order valence-corrected chi connectivity index (χ2v) is 9.19. The van der Waals surface area contributed by atoms with Crippen LogP contribution in [0.5, 0.6) is 0 Å². The van der Waals surface area contributed by atoms with Crippen LogP contribution < -0.4 is 16.0 Å². The molecule has 2 aliphatic heterocycles. The van der Waals surface area contributed by atoms with Crippen LogP contribution in [0.4, 0.5) is 5.69 Å². The molecule has 4 heterocycles. The van der Waals surface area contributed by atoms with Gasteiger partial charge in [-0.05, 0) is 62.1 Å². The van der Waals surface area contributed by atoms with Gasteiger partial charge < -0.3 is 20.5 Å². The van der Waals surface area contributed by atoms with Crippen molar-refractivity contribution in [1.29, 1.82) is 0 Å². The molecule has 2 fully saturated rings. The molecule has 168 valence electrons. The molecule has 0 spiro atoms. The van der Waals surface area contributed by atoms with Crippen LogP contribution in [0.2, 0.25) is 0 Å². The quantitative estimate of drug-likeness (QED) is 0.527. The number of benzene rings is 1. The summed E-state index contributed by atoms with van der Waals surface area (Å²) in [5, 5.41) is 11.0. The summed E-state index contributed by atoms with van der Waals surface area (Å²) in [5.41, 5.74) is 5.04. The standard InChI is InChI=1S/C26H33N5O/c1-3-31-13-11-22-24(27-2)23(16-29-25(22)31)26(32)28-12-10-17-4-6-18(7-5-17)19-14-20-8-9-21(15-19)30-20/h4-7,11,13,16,19-21,30H,3,8-10,12,14-15H2,1-2H3,(H,27,29)(H,28,32). The lowest BCUT2D eigenvalue weighted by Gasteiger charge is -2.29. The summed E-state index contributed by atoms with van der Waals surface area (Å²) in [6.07, 6.45) is 9.71. The number of hydrogen-bond donors (Lipinski definition) is 3. The summed E-state index contributed by atoms with van der Waals surface area (Å²) in [7, 11) is 1.85. The van der Waals surface area contributed by atoms with Gasteiger partial charge in [0.15, 0.2) is 0 Å². The van der Waals surface area contributed by atoms with Crippen molar-refractivity contribution in [2.75, 3.05) is 18.9 Å². The number of hydrogen-bond acceptors (Lipinski definition) is 4. The normalized spacial score (nSPS) is 22.2. The predicted octanol–water partition coefficient (Wildman–Crippen LogP) is 4.07. The van der Waals surface area contributed by atoms with Crippen molar-refractivity contribution in [3.63, 3.8) is 0 Å². The number of piperidine rings is 1. The Labute approximate surface area is 189 Å².